The van der Waals surface area contributed by atoms with Gasteiger partial charge in [0.25, 0.3) is 0 Å². The number of hydrogen-bond acceptors (Lipinski definition) is 4. The first-order chi connectivity index (χ1) is 13.0. The van der Waals surface area contributed by atoms with Gasteiger partial charge < -0.3 is 4.57 Å². The Morgan fingerprint density at radius 2 is 2.04 bits per heavy atom. The number of imidazole rings is 1. The Bertz CT molecular complexity index is 1040. The first kappa shape index (κ1) is 18.1. The van der Waals surface area contributed by atoms with Crippen molar-refractivity contribution < 1.29 is 8.42 Å². The molecule has 0 N–H and O–H groups in total. The van der Waals surface area contributed by atoms with E-state index in [0.717, 1.165) is 54.5 Å². The van der Waals surface area contributed by atoms with E-state index in [4.69, 9.17) is 0 Å². The maximum Gasteiger partial charge on any atom is 0.211 e. The molecule has 1 fully saturated rings. The topological polar surface area (TPSA) is 68.1 Å². The molecule has 0 aliphatic carbocycles. The SMILES string of the molecule is CS(=O)(=O)N1CCCCC1CCn1ccnc1-c1ccc2cccnc2c1. The van der Waals surface area contributed by atoms with Gasteiger partial charge in [-0.3, -0.25) is 4.98 Å². The predicted octanol–water partition coefficient (Wildman–Crippen LogP) is 3.30. The number of hydrogen-bond donors (Lipinski definition) is 0. The van der Waals surface area contributed by atoms with Crippen molar-refractivity contribution in [2.45, 2.75) is 38.3 Å². The molecule has 7 heteroatoms. The summed E-state index contributed by atoms with van der Waals surface area (Å²) in [6, 6.07) is 10.2. The van der Waals surface area contributed by atoms with Crippen molar-refractivity contribution in [3.8, 4) is 11.4 Å². The number of aromatic nitrogens is 3. The Kier molecular flexibility index (Phi) is 4.97. The lowest BCUT2D eigenvalue weighted by Gasteiger charge is -2.33. The van der Waals surface area contributed by atoms with Crippen LogP contribution in [0.4, 0.5) is 0 Å². The number of sulfonamides is 1. The Morgan fingerprint density at radius 1 is 1.15 bits per heavy atom. The van der Waals surface area contributed by atoms with Gasteiger partial charge in [0.05, 0.1) is 11.8 Å². The normalized spacial score (nSPS) is 18.8. The number of fused-ring (bicyclic) bond motifs is 1. The fourth-order valence-corrected chi connectivity index (χ4v) is 5.16. The third-order valence-corrected chi connectivity index (χ3v) is 6.61. The zero-order valence-corrected chi connectivity index (χ0v) is 16.3. The lowest BCUT2D eigenvalue weighted by Crippen LogP contribution is -2.43. The van der Waals surface area contributed by atoms with E-state index in [1.165, 1.54) is 6.26 Å². The van der Waals surface area contributed by atoms with Crippen molar-refractivity contribution in [1.29, 1.82) is 0 Å². The van der Waals surface area contributed by atoms with Crippen LogP contribution in [0.5, 0.6) is 0 Å². The van der Waals surface area contributed by atoms with E-state index in [1.54, 1.807) is 16.7 Å². The van der Waals surface area contributed by atoms with Gasteiger partial charge in [-0.05, 0) is 31.4 Å². The molecule has 142 valence electrons. The summed E-state index contributed by atoms with van der Waals surface area (Å²) in [4.78, 5) is 8.96. The molecule has 6 nitrogen and oxygen atoms in total. The van der Waals surface area contributed by atoms with Crippen LogP contribution < -0.4 is 0 Å². The summed E-state index contributed by atoms with van der Waals surface area (Å²) >= 11 is 0. The molecule has 1 aromatic carbocycles. The molecule has 0 amide bonds. The summed E-state index contributed by atoms with van der Waals surface area (Å²) < 4.78 is 27.9. The molecule has 27 heavy (non-hydrogen) atoms. The maximum absolute atomic E-state index is 12.1. The highest BCUT2D eigenvalue weighted by atomic mass is 32.2. The highest BCUT2D eigenvalue weighted by Gasteiger charge is 2.29. The highest BCUT2D eigenvalue weighted by Crippen LogP contribution is 2.25. The zero-order chi connectivity index (χ0) is 18.9. The number of piperidine rings is 1. The zero-order valence-electron chi connectivity index (χ0n) is 15.5. The van der Waals surface area contributed by atoms with E-state index in [9.17, 15) is 8.42 Å². The minimum atomic E-state index is -3.15. The summed E-state index contributed by atoms with van der Waals surface area (Å²) in [5.41, 5.74) is 1.97. The van der Waals surface area contributed by atoms with E-state index in [2.05, 4.69) is 32.7 Å². The van der Waals surface area contributed by atoms with Crippen molar-refractivity contribution >= 4 is 20.9 Å². The Labute approximate surface area is 159 Å². The average molecular weight is 385 g/mol. The Morgan fingerprint density at radius 3 is 2.89 bits per heavy atom. The van der Waals surface area contributed by atoms with E-state index in [0.29, 0.717) is 6.54 Å². The molecule has 0 saturated carbocycles. The van der Waals surface area contributed by atoms with Crippen LogP contribution in [-0.4, -0.2) is 46.1 Å². The van der Waals surface area contributed by atoms with Gasteiger partial charge in [0.15, 0.2) is 0 Å². The lowest BCUT2D eigenvalue weighted by molar-refractivity contribution is 0.235. The molecule has 1 saturated heterocycles. The standard InChI is InChI=1S/C20H24N4O2S/c1-27(25,26)24-12-3-2-6-18(24)9-13-23-14-11-22-20(23)17-8-7-16-5-4-10-21-19(16)15-17/h4-5,7-8,10-11,14-15,18H,2-3,6,9,12-13H2,1H3. The first-order valence-electron chi connectivity index (χ1n) is 9.35. The van der Waals surface area contributed by atoms with E-state index in [-0.39, 0.29) is 6.04 Å². The van der Waals surface area contributed by atoms with Crippen molar-refractivity contribution in [3.05, 3.63) is 48.9 Å². The predicted molar refractivity (Wildman–Crippen MR) is 107 cm³/mol. The van der Waals surface area contributed by atoms with Crippen LogP contribution in [0.15, 0.2) is 48.9 Å². The minimum Gasteiger partial charge on any atom is -0.331 e. The molecule has 0 bridgehead atoms. The monoisotopic (exact) mass is 384 g/mol. The van der Waals surface area contributed by atoms with Crippen LogP contribution in [0.1, 0.15) is 25.7 Å². The molecule has 4 rings (SSSR count). The van der Waals surface area contributed by atoms with Gasteiger partial charge in [-0.2, -0.15) is 4.31 Å². The van der Waals surface area contributed by atoms with Gasteiger partial charge in [0, 0.05) is 48.7 Å². The quantitative estimate of drug-likeness (QED) is 0.677. The maximum atomic E-state index is 12.1. The second-order valence-electron chi connectivity index (χ2n) is 7.17. The largest absolute Gasteiger partial charge is 0.331 e. The van der Waals surface area contributed by atoms with Crippen LogP contribution in [0, 0.1) is 0 Å². The number of pyridine rings is 1. The van der Waals surface area contributed by atoms with Crippen molar-refractivity contribution in [3.63, 3.8) is 0 Å². The number of benzene rings is 1. The summed E-state index contributed by atoms with van der Waals surface area (Å²) in [7, 11) is -3.15. The minimum absolute atomic E-state index is 0.0715. The second-order valence-corrected chi connectivity index (χ2v) is 9.10. The van der Waals surface area contributed by atoms with Crippen LogP contribution >= 0.6 is 0 Å². The van der Waals surface area contributed by atoms with Gasteiger partial charge >= 0.3 is 0 Å². The van der Waals surface area contributed by atoms with Gasteiger partial charge in [0.1, 0.15) is 5.82 Å². The summed E-state index contributed by atoms with van der Waals surface area (Å²) in [5.74, 6) is 0.893. The molecule has 0 radical (unpaired) electrons. The average Bonchev–Trinajstić information content (AvgIpc) is 3.14. The number of rotatable bonds is 5. The molecule has 0 spiro atoms. The summed E-state index contributed by atoms with van der Waals surface area (Å²) in [6.45, 7) is 1.38. The van der Waals surface area contributed by atoms with Gasteiger partial charge in [-0.25, -0.2) is 13.4 Å². The third kappa shape index (κ3) is 3.89. The Balaban J connectivity index is 1.55. The fraction of sp³-hybridized carbons (Fsp3) is 0.400. The van der Waals surface area contributed by atoms with Crippen molar-refractivity contribution in [1.82, 2.24) is 18.8 Å². The molecule has 1 atom stereocenters. The molecule has 3 aromatic rings. The molecule has 3 heterocycles. The van der Waals surface area contributed by atoms with Crippen LogP contribution in [-0.2, 0) is 16.6 Å². The van der Waals surface area contributed by atoms with Gasteiger partial charge in [0.2, 0.25) is 10.0 Å². The summed E-state index contributed by atoms with van der Waals surface area (Å²) in [5, 5.41) is 1.10. The van der Waals surface area contributed by atoms with Crippen molar-refractivity contribution in [2.75, 3.05) is 12.8 Å². The van der Waals surface area contributed by atoms with E-state index >= 15 is 0 Å². The second kappa shape index (κ2) is 7.40. The van der Waals surface area contributed by atoms with Crippen LogP contribution in [0.25, 0.3) is 22.3 Å². The smallest absolute Gasteiger partial charge is 0.211 e. The molecule has 1 aliphatic heterocycles. The Hall–Kier alpha value is -2.25. The third-order valence-electron chi connectivity index (χ3n) is 5.28. The molecular formula is C20H24N4O2S. The number of nitrogens with zero attached hydrogens (tertiary/aromatic N) is 4. The molecule has 1 aliphatic rings. The van der Waals surface area contributed by atoms with Crippen LogP contribution in [0.3, 0.4) is 0 Å². The molecule has 1 unspecified atom stereocenters. The van der Waals surface area contributed by atoms with Gasteiger partial charge in [-0.1, -0.05) is 24.6 Å². The highest BCUT2D eigenvalue weighted by molar-refractivity contribution is 7.88. The lowest BCUT2D eigenvalue weighted by atomic mass is 10.0. The van der Waals surface area contributed by atoms with Gasteiger partial charge in [-0.15, -0.1) is 0 Å². The fourth-order valence-electron chi connectivity index (χ4n) is 3.94. The van der Waals surface area contributed by atoms with E-state index < -0.39 is 10.0 Å². The molecular weight excluding hydrogens is 360 g/mol. The molecule has 2 aromatic heterocycles. The number of aryl methyl sites for hydroxylation is 1. The van der Waals surface area contributed by atoms with E-state index in [1.807, 2.05) is 18.3 Å². The first-order valence-corrected chi connectivity index (χ1v) is 11.2. The summed E-state index contributed by atoms with van der Waals surface area (Å²) in [6.07, 6.45) is 10.6. The van der Waals surface area contributed by atoms with Crippen LogP contribution in [0.2, 0.25) is 0 Å². The van der Waals surface area contributed by atoms with Crippen molar-refractivity contribution in [2.24, 2.45) is 0 Å².